The van der Waals surface area contributed by atoms with Gasteiger partial charge in [-0.15, -0.1) is 0 Å². The second-order valence-electron chi connectivity index (χ2n) is 6.58. The van der Waals surface area contributed by atoms with Crippen molar-refractivity contribution in [3.63, 3.8) is 0 Å². The smallest absolute Gasteiger partial charge is 0.222 e. The van der Waals surface area contributed by atoms with Gasteiger partial charge in [0.05, 0.1) is 18.8 Å². The third-order valence-electron chi connectivity index (χ3n) is 4.85. The summed E-state index contributed by atoms with van der Waals surface area (Å²) in [5.41, 5.74) is 6.02. The van der Waals surface area contributed by atoms with Gasteiger partial charge in [0.15, 0.2) is 0 Å². The first-order valence-electron chi connectivity index (χ1n) is 8.26. The summed E-state index contributed by atoms with van der Waals surface area (Å²) < 4.78 is 5.66. The van der Waals surface area contributed by atoms with Crippen molar-refractivity contribution in [3.05, 3.63) is 0 Å². The van der Waals surface area contributed by atoms with E-state index in [-0.39, 0.29) is 12.1 Å². The maximum atomic E-state index is 12.5. The summed E-state index contributed by atoms with van der Waals surface area (Å²) in [5.74, 6) is 0.965. The first-order valence-corrected chi connectivity index (χ1v) is 8.26. The van der Waals surface area contributed by atoms with Crippen LogP contribution in [0.1, 0.15) is 58.8 Å². The van der Waals surface area contributed by atoms with Crippen molar-refractivity contribution in [1.82, 2.24) is 4.90 Å². The normalized spacial score (nSPS) is 35.0. The van der Waals surface area contributed by atoms with Crippen molar-refractivity contribution in [3.8, 4) is 0 Å². The third-order valence-corrected chi connectivity index (χ3v) is 4.85. The summed E-state index contributed by atoms with van der Waals surface area (Å²) in [6.45, 7) is 5.62. The van der Waals surface area contributed by atoms with E-state index in [2.05, 4.69) is 11.8 Å². The van der Waals surface area contributed by atoms with Gasteiger partial charge in [-0.2, -0.15) is 0 Å². The van der Waals surface area contributed by atoms with Crippen LogP contribution in [0.5, 0.6) is 0 Å². The van der Waals surface area contributed by atoms with Crippen LogP contribution in [0.3, 0.4) is 0 Å². The molecule has 1 aliphatic heterocycles. The number of carbonyl (C=O) groups excluding carboxylic acids is 1. The van der Waals surface area contributed by atoms with Crippen LogP contribution in [0.15, 0.2) is 0 Å². The summed E-state index contributed by atoms with van der Waals surface area (Å²) in [6.07, 6.45) is 7.57. The van der Waals surface area contributed by atoms with Crippen molar-refractivity contribution >= 4 is 5.91 Å². The zero-order chi connectivity index (χ0) is 14.5. The van der Waals surface area contributed by atoms with Gasteiger partial charge >= 0.3 is 0 Å². The number of hydrogen-bond donors (Lipinski definition) is 1. The van der Waals surface area contributed by atoms with Crippen LogP contribution in [-0.2, 0) is 9.53 Å². The lowest BCUT2D eigenvalue weighted by Gasteiger charge is -2.38. The Hall–Kier alpha value is -0.610. The van der Waals surface area contributed by atoms with Crippen LogP contribution in [0.2, 0.25) is 0 Å². The summed E-state index contributed by atoms with van der Waals surface area (Å²) in [5, 5.41) is 0. The van der Waals surface area contributed by atoms with Crippen LogP contribution >= 0.6 is 0 Å². The van der Waals surface area contributed by atoms with Crippen LogP contribution in [0.4, 0.5) is 0 Å². The molecule has 2 fully saturated rings. The second-order valence-corrected chi connectivity index (χ2v) is 6.58. The van der Waals surface area contributed by atoms with Crippen LogP contribution in [0.25, 0.3) is 0 Å². The van der Waals surface area contributed by atoms with Gasteiger partial charge in [-0.05, 0) is 38.5 Å². The SMILES string of the molecule is CCC1COC(C)CN1C(=O)CCC1CCCC(N)C1. The quantitative estimate of drug-likeness (QED) is 0.861. The molecule has 4 nitrogen and oxygen atoms in total. The number of hydrogen-bond acceptors (Lipinski definition) is 3. The molecule has 0 bridgehead atoms. The minimum atomic E-state index is 0.171. The number of rotatable bonds is 4. The van der Waals surface area contributed by atoms with Crippen LogP contribution in [-0.4, -0.2) is 42.1 Å². The van der Waals surface area contributed by atoms with Gasteiger partial charge in [0, 0.05) is 19.0 Å². The van der Waals surface area contributed by atoms with Gasteiger partial charge in [0.2, 0.25) is 5.91 Å². The highest BCUT2D eigenvalue weighted by atomic mass is 16.5. The maximum Gasteiger partial charge on any atom is 0.222 e. The van der Waals surface area contributed by atoms with Crippen molar-refractivity contribution in [2.75, 3.05) is 13.2 Å². The number of nitrogens with two attached hydrogens (primary N) is 1. The zero-order valence-electron chi connectivity index (χ0n) is 13.0. The van der Waals surface area contributed by atoms with Gasteiger partial charge in [-0.1, -0.05) is 19.8 Å². The number of nitrogens with zero attached hydrogens (tertiary/aromatic N) is 1. The molecule has 1 heterocycles. The van der Waals surface area contributed by atoms with Gasteiger partial charge < -0.3 is 15.4 Å². The van der Waals surface area contributed by atoms with Crippen molar-refractivity contribution in [1.29, 1.82) is 0 Å². The van der Waals surface area contributed by atoms with E-state index in [1.807, 2.05) is 6.92 Å². The summed E-state index contributed by atoms with van der Waals surface area (Å²) in [4.78, 5) is 14.5. The summed E-state index contributed by atoms with van der Waals surface area (Å²) in [6, 6.07) is 0.628. The third kappa shape index (κ3) is 4.19. The van der Waals surface area contributed by atoms with E-state index < -0.39 is 0 Å². The maximum absolute atomic E-state index is 12.5. The molecule has 0 aromatic rings. The highest BCUT2D eigenvalue weighted by Crippen LogP contribution is 2.27. The molecule has 20 heavy (non-hydrogen) atoms. The molecule has 2 rings (SSSR count). The number of amides is 1. The summed E-state index contributed by atoms with van der Waals surface area (Å²) in [7, 11) is 0. The van der Waals surface area contributed by atoms with Crippen molar-refractivity contribution in [2.45, 2.75) is 77.0 Å². The standard InChI is InChI=1S/C16H30N2O2/c1-3-15-11-20-12(2)10-18(15)16(19)8-7-13-5-4-6-14(17)9-13/h12-15H,3-11,17H2,1-2H3. The topological polar surface area (TPSA) is 55.6 Å². The van der Waals surface area contributed by atoms with E-state index >= 15 is 0 Å². The molecule has 1 aliphatic carbocycles. The lowest BCUT2D eigenvalue weighted by atomic mass is 9.83. The monoisotopic (exact) mass is 282 g/mol. The Morgan fingerprint density at radius 1 is 1.40 bits per heavy atom. The van der Waals surface area contributed by atoms with Crippen molar-refractivity contribution in [2.24, 2.45) is 11.7 Å². The second kappa shape index (κ2) is 7.41. The molecule has 1 amide bonds. The van der Waals surface area contributed by atoms with Gasteiger partial charge in [-0.25, -0.2) is 0 Å². The molecule has 0 radical (unpaired) electrons. The van der Waals surface area contributed by atoms with E-state index in [9.17, 15) is 4.79 Å². The minimum Gasteiger partial charge on any atom is -0.375 e. The fourth-order valence-corrected chi connectivity index (χ4v) is 3.55. The van der Waals surface area contributed by atoms with E-state index in [1.165, 1.54) is 12.8 Å². The highest BCUT2D eigenvalue weighted by molar-refractivity contribution is 5.76. The van der Waals surface area contributed by atoms with Crippen LogP contribution < -0.4 is 5.73 Å². The molecular weight excluding hydrogens is 252 g/mol. The molecule has 4 heteroatoms. The molecule has 0 aromatic carbocycles. The predicted molar refractivity (Wildman–Crippen MR) is 80.4 cm³/mol. The fourth-order valence-electron chi connectivity index (χ4n) is 3.55. The average molecular weight is 282 g/mol. The minimum absolute atomic E-state index is 0.171. The molecular formula is C16H30N2O2. The van der Waals surface area contributed by atoms with Gasteiger partial charge in [-0.3, -0.25) is 4.79 Å². The lowest BCUT2D eigenvalue weighted by Crippen LogP contribution is -2.51. The molecule has 0 aromatic heterocycles. The number of ether oxygens (including phenoxy) is 1. The molecule has 0 spiro atoms. The Morgan fingerprint density at radius 3 is 2.90 bits per heavy atom. The Bertz CT molecular complexity index is 322. The van der Waals surface area contributed by atoms with E-state index in [4.69, 9.17) is 10.5 Å². The fraction of sp³-hybridized carbons (Fsp3) is 0.938. The Kier molecular flexibility index (Phi) is 5.85. The van der Waals surface area contributed by atoms with E-state index in [1.54, 1.807) is 0 Å². The van der Waals surface area contributed by atoms with Gasteiger partial charge in [0.25, 0.3) is 0 Å². The largest absolute Gasteiger partial charge is 0.375 e. The average Bonchev–Trinajstić information content (AvgIpc) is 2.45. The summed E-state index contributed by atoms with van der Waals surface area (Å²) >= 11 is 0. The molecule has 2 N–H and O–H groups in total. The molecule has 4 unspecified atom stereocenters. The molecule has 2 aliphatic rings. The Balaban J connectivity index is 1.80. The van der Waals surface area contributed by atoms with Crippen LogP contribution in [0, 0.1) is 5.92 Å². The first kappa shape index (κ1) is 15.8. The molecule has 1 saturated heterocycles. The molecule has 4 atom stereocenters. The van der Waals surface area contributed by atoms with Gasteiger partial charge in [0.1, 0.15) is 0 Å². The zero-order valence-corrected chi connectivity index (χ0v) is 13.0. The number of morpholine rings is 1. The van der Waals surface area contributed by atoms with Crippen molar-refractivity contribution < 1.29 is 9.53 Å². The first-order chi connectivity index (χ1) is 9.60. The molecule has 1 saturated carbocycles. The highest BCUT2D eigenvalue weighted by Gasteiger charge is 2.29. The predicted octanol–water partition coefficient (Wildman–Crippen LogP) is 2.31. The molecule has 116 valence electrons. The Labute approximate surface area is 123 Å². The lowest BCUT2D eigenvalue weighted by molar-refractivity contribution is -0.144. The Morgan fingerprint density at radius 2 is 2.20 bits per heavy atom. The van der Waals surface area contributed by atoms with E-state index in [0.29, 0.717) is 30.9 Å². The van der Waals surface area contributed by atoms with E-state index in [0.717, 1.165) is 32.2 Å². The number of carbonyl (C=O) groups is 1.